The lowest BCUT2D eigenvalue weighted by atomic mass is 10.1. The molecule has 3 rings (SSSR count). The minimum absolute atomic E-state index is 0. The van der Waals surface area contributed by atoms with Crippen molar-refractivity contribution in [2.24, 2.45) is 10.9 Å². The quantitative estimate of drug-likeness (QED) is 0.366. The van der Waals surface area contributed by atoms with Crippen molar-refractivity contribution in [3.63, 3.8) is 0 Å². The molecule has 0 radical (unpaired) electrons. The van der Waals surface area contributed by atoms with Crippen LogP contribution in [0.1, 0.15) is 35.5 Å². The number of halogens is 1. The van der Waals surface area contributed by atoms with Gasteiger partial charge in [-0.3, -0.25) is 4.99 Å². The van der Waals surface area contributed by atoms with Gasteiger partial charge in [0.1, 0.15) is 0 Å². The van der Waals surface area contributed by atoms with Crippen LogP contribution in [0.15, 0.2) is 40.7 Å². The number of nitrogens with zero attached hydrogens (tertiary/aromatic N) is 2. The molecular weight excluding hydrogens is 443 g/mol. The highest BCUT2D eigenvalue weighted by atomic mass is 127. The first-order chi connectivity index (χ1) is 11.8. The largest absolute Gasteiger partial charge is 0.357 e. The number of aliphatic imine (C=N–C) groups is 1. The van der Waals surface area contributed by atoms with Crippen LogP contribution in [0.4, 0.5) is 0 Å². The molecule has 2 aromatic rings. The summed E-state index contributed by atoms with van der Waals surface area (Å²) in [5, 5.41) is 10.0. The maximum absolute atomic E-state index is 4.76. The number of nitrogens with one attached hydrogen (secondary N) is 2. The van der Waals surface area contributed by atoms with E-state index < -0.39 is 0 Å². The molecule has 0 aliphatic heterocycles. The summed E-state index contributed by atoms with van der Waals surface area (Å²) in [5.41, 5.74) is 2.61. The maximum Gasteiger partial charge on any atom is 0.191 e. The van der Waals surface area contributed by atoms with Crippen molar-refractivity contribution in [1.29, 1.82) is 0 Å². The smallest absolute Gasteiger partial charge is 0.191 e. The molecule has 1 aliphatic carbocycles. The monoisotopic (exact) mass is 470 g/mol. The average Bonchev–Trinajstić information content (AvgIpc) is 3.27. The number of thiazole rings is 1. The van der Waals surface area contributed by atoms with Gasteiger partial charge in [-0.05, 0) is 37.7 Å². The number of aromatic nitrogens is 1. The molecule has 0 saturated heterocycles. The van der Waals surface area contributed by atoms with Crippen LogP contribution in [0.3, 0.4) is 0 Å². The predicted octanol–water partition coefficient (Wildman–Crippen LogP) is 3.97. The van der Waals surface area contributed by atoms with Gasteiger partial charge < -0.3 is 10.6 Å². The zero-order chi connectivity index (χ0) is 16.8. The maximum atomic E-state index is 4.76. The summed E-state index contributed by atoms with van der Waals surface area (Å²) in [4.78, 5) is 9.26. The van der Waals surface area contributed by atoms with Crippen molar-refractivity contribution in [3.8, 4) is 0 Å². The van der Waals surface area contributed by atoms with Gasteiger partial charge in [0.15, 0.2) is 5.96 Å². The highest BCUT2D eigenvalue weighted by Gasteiger charge is 2.37. The molecule has 2 atom stereocenters. The minimum Gasteiger partial charge on any atom is -0.357 e. The first-order valence-corrected chi connectivity index (χ1v) is 9.62. The summed E-state index contributed by atoms with van der Waals surface area (Å²) in [6.45, 7) is 6.79. The molecule has 0 spiro atoms. The van der Waals surface area contributed by atoms with Crippen molar-refractivity contribution in [3.05, 3.63) is 52.0 Å². The first kappa shape index (κ1) is 20.2. The van der Waals surface area contributed by atoms with E-state index in [2.05, 4.69) is 58.3 Å². The van der Waals surface area contributed by atoms with E-state index in [1.165, 1.54) is 12.0 Å². The Morgan fingerprint density at radius 2 is 2.08 bits per heavy atom. The van der Waals surface area contributed by atoms with Gasteiger partial charge >= 0.3 is 0 Å². The van der Waals surface area contributed by atoms with E-state index in [9.17, 15) is 0 Å². The van der Waals surface area contributed by atoms with Crippen molar-refractivity contribution in [2.45, 2.75) is 32.6 Å². The van der Waals surface area contributed by atoms with Gasteiger partial charge in [0.25, 0.3) is 0 Å². The second kappa shape index (κ2) is 10.1. The van der Waals surface area contributed by atoms with E-state index >= 15 is 0 Å². The summed E-state index contributed by atoms with van der Waals surface area (Å²) in [7, 11) is 0. The highest BCUT2D eigenvalue weighted by Crippen LogP contribution is 2.47. The Bertz CT molecular complexity index is 671. The number of aryl methyl sites for hydroxylation is 1. The number of guanidine groups is 1. The Kier molecular flexibility index (Phi) is 8.15. The van der Waals surface area contributed by atoms with Crippen LogP contribution in [0.2, 0.25) is 0 Å². The third-order valence-electron chi connectivity index (χ3n) is 4.32. The van der Waals surface area contributed by atoms with Gasteiger partial charge in [-0.25, -0.2) is 4.98 Å². The van der Waals surface area contributed by atoms with E-state index in [-0.39, 0.29) is 24.0 Å². The molecule has 0 amide bonds. The second-order valence-electron chi connectivity index (χ2n) is 6.27. The Hall–Kier alpha value is -1.15. The fraction of sp³-hybridized carbons (Fsp3) is 0.474. The Labute approximate surface area is 171 Å². The summed E-state index contributed by atoms with van der Waals surface area (Å²) in [6.07, 6.45) is 2.19. The second-order valence-corrected chi connectivity index (χ2v) is 7.33. The lowest BCUT2D eigenvalue weighted by Gasteiger charge is -2.10. The fourth-order valence-electron chi connectivity index (χ4n) is 2.94. The molecule has 1 aromatic heterocycles. The molecule has 1 aromatic carbocycles. The van der Waals surface area contributed by atoms with Gasteiger partial charge in [-0.1, -0.05) is 30.3 Å². The zero-order valence-corrected chi connectivity index (χ0v) is 18.0. The highest BCUT2D eigenvalue weighted by molar-refractivity contribution is 14.0. The standard InChI is InChI=1S/C19H26N4S.HI/c1-3-20-19(21-10-9-17-13-24-14(2)23-17)22-12-16-11-18(16)15-7-5-4-6-8-15;/h4-8,13,16,18H,3,9-12H2,1-2H3,(H2,20,21,22);1H. The topological polar surface area (TPSA) is 49.3 Å². The van der Waals surface area contributed by atoms with Crippen molar-refractivity contribution in [1.82, 2.24) is 15.6 Å². The van der Waals surface area contributed by atoms with Crippen LogP contribution in [0.25, 0.3) is 0 Å². The van der Waals surface area contributed by atoms with Gasteiger partial charge in [0.05, 0.1) is 10.7 Å². The Morgan fingerprint density at radius 1 is 1.28 bits per heavy atom. The van der Waals surface area contributed by atoms with Crippen molar-refractivity contribution >= 4 is 41.3 Å². The Morgan fingerprint density at radius 3 is 2.76 bits per heavy atom. The minimum atomic E-state index is 0. The first-order valence-electron chi connectivity index (χ1n) is 8.74. The third kappa shape index (κ3) is 6.26. The summed E-state index contributed by atoms with van der Waals surface area (Å²) < 4.78 is 0. The van der Waals surface area contributed by atoms with E-state index in [1.807, 2.05) is 6.92 Å². The predicted molar refractivity (Wildman–Crippen MR) is 117 cm³/mol. The molecule has 1 heterocycles. The van der Waals surface area contributed by atoms with Gasteiger partial charge in [-0.15, -0.1) is 35.3 Å². The number of hydrogen-bond acceptors (Lipinski definition) is 3. The number of benzene rings is 1. The molecule has 2 unspecified atom stereocenters. The normalized spacial score (nSPS) is 19.2. The molecule has 25 heavy (non-hydrogen) atoms. The lowest BCUT2D eigenvalue weighted by molar-refractivity contribution is 0.760. The molecule has 0 bridgehead atoms. The zero-order valence-electron chi connectivity index (χ0n) is 14.9. The summed E-state index contributed by atoms with van der Waals surface area (Å²) in [5.74, 6) is 2.29. The van der Waals surface area contributed by atoms with Crippen LogP contribution in [-0.4, -0.2) is 30.6 Å². The summed E-state index contributed by atoms with van der Waals surface area (Å²) >= 11 is 1.71. The van der Waals surface area contributed by atoms with E-state index in [0.717, 1.165) is 42.7 Å². The van der Waals surface area contributed by atoms with E-state index in [4.69, 9.17) is 4.99 Å². The molecule has 6 heteroatoms. The third-order valence-corrected chi connectivity index (χ3v) is 5.14. The van der Waals surface area contributed by atoms with Crippen LogP contribution >= 0.6 is 35.3 Å². The van der Waals surface area contributed by atoms with Crippen molar-refractivity contribution in [2.75, 3.05) is 19.6 Å². The molecule has 1 aliphatic rings. The van der Waals surface area contributed by atoms with Gasteiger partial charge in [-0.2, -0.15) is 0 Å². The molecule has 4 nitrogen and oxygen atoms in total. The van der Waals surface area contributed by atoms with Crippen LogP contribution in [-0.2, 0) is 6.42 Å². The van der Waals surface area contributed by atoms with E-state index in [0.29, 0.717) is 11.8 Å². The van der Waals surface area contributed by atoms with Gasteiger partial charge in [0, 0.05) is 31.4 Å². The number of hydrogen-bond donors (Lipinski definition) is 2. The molecule has 2 N–H and O–H groups in total. The average molecular weight is 470 g/mol. The molecule has 1 fully saturated rings. The van der Waals surface area contributed by atoms with Gasteiger partial charge in [0.2, 0.25) is 0 Å². The van der Waals surface area contributed by atoms with Crippen molar-refractivity contribution < 1.29 is 0 Å². The molecular formula is C19H27IN4S. The SMILES string of the molecule is CCNC(=NCC1CC1c1ccccc1)NCCc1csc(C)n1.I. The molecule has 136 valence electrons. The van der Waals surface area contributed by atoms with Crippen LogP contribution in [0.5, 0.6) is 0 Å². The fourth-order valence-corrected chi connectivity index (χ4v) is 3.59. The van der Waals surface area contributed by atoms with E-state index in [1.54, 1.807) is 11.3 Å². The Balaban J connectivity index is 0.00000225. The van der Waals surface area contributed by atoms with Crippen LogP contribution < -0.4 is 10.6 Å². The number of rotatable bonds is 7. The summed E-state index contributed by atoms with van der Waals surface area (Å²) in [6, 6.07) is 10.8. The van der Waals surface area contributed by atoms with Crippen LogP contribution in [0, 0.1) is 12.8 Å². The molecule has 1 saturated carbocycles. The lowest BCUT2D eigenvalue weighted by Crippen LogP contribution is -2.38.